The number of allylic oxidation sites excluding steroid dienone is 1. The van der Waals surface area contributed by atoms with Crippen molar-refractivity contribution in [1.82, 2.24) is 14.5 Å². The maximum absolute atomic E-state index is 14.6. The third-order valence-corrected chi connectivity index (χ3v) is 6.14. The minimum absolute atomic E-state index is 0.0179. The first-order valence-corrected chi connectivity index (χ1v) is 12.1. The zero-order valence-corrected chi connectivity index (χ0v) is 21.0. The van der Waals surface area contributed by atoms with E-state index in [0.717, 1.165) is 18.2 Å². The molecule has 1 aliphatic heterocycles. The molecule has 0 saturated carbocycles. The number of aromatic nitrogens is 2. The van der Waals surface area contributed by atoms with Gasteiger partial charge >= 0.3 is 0 Å². The van der Waals surface area contributed by atoms with Gasteiger partial charge in [0.25, 0.3) is 5.91 Å². The van der Waals surface area contributed by atoms with Crippen molar-refractivity contribution in [1.29, 1.82) is 0 Å². The van der Waals surface area contributed by atoms with Crippen molar-refractivity contribution in [3.05, 3.63) is 54.5 Å². The van der Waals surface area contributed by atoms with Gasteiger partial charge in [0.15, 0.2) is 0 Å². The molecule has 0 aliphatic carbocycles. The quantitative estimate of drug-likeness (QED) is 0.446. The molecule has 200 valence electrons. The Bertz CT molecular complexity index is 977. The van der Waals surface area contributed by atoms with E-state index in [-0.39, 0.29) is 17.2 Å². The number of aliphatic hydroxyl groups excluding tert-OH is 1. The summed E-state index contributed by atoms with van der Waals surface area (Å²) in [7, 11) is 0.500. The summed E-state index contributed by atoms with van der Waals surface area (Å²) < 4.78 is 45.5. The summed E-state index contributed by atoms with van der Waals surface area (Å²) in [4.78, 5) is 19.5. The summed E-state index contributed by atoms with van der Waals surface area (Å²) in [5.74, 6) is -0.971. The highest BCUT2D eigenvalue weighted by Gasteiger charge is 2.37. The smallest absolute Gasteiger partial charge is 0.251 e. The van der Waals surface area contributed by atoms with Crippen molar-refractivity contribution < 1.29 is 27.8 Å². The molecule has 36 heavy (non-hydrogen) atoms. The van der Waals surface area contributed by atoms with Gasteiger partial charge in [0.2, 0.25) is 0 Å². The second-order valence-corrected chi connectivity index (χ2v) is 8.62. The largest absolute Gasteiger partial charge is 0.384 e. The molecular weight excluding hydrogens is 473 g/mol. The molecule has 10 heteroatoms. The average molecular weight is 511 g/mol. The van der Waals surface area contributed by atoms with Gasteiger partial charge in [-0.25, -0.2) is 13.8 Å². The number of halogens is 3. The number of carbonyl (C=O) groups is 1. The van der Waals surface area contributed by atoms with E-state index in [9.17, 15) is 23.1 Å². The molecule has 1 aromatic heterocycles. The molecule has 2 aromatic rings. The Hall–Kier alpha value is -2.69. The van der Waals surface area contributed by atoms with Crippen molar-refractivity contribution in [2.75, 3.05) is 33.5 Å². The van der Waals surface area contributed by atoms with Crippen LogP contribution in [0, 0.1) is 17.6 Å². The number of carbonyl (C=O) groups excluding carboxylic acids is 1. The van der Waals surface area contributed by atoms with Gasteiger partial charge in [-0.2, -0.15) is 0 Å². The number of hydrogen-bond acceptors (Lipinski definition) is 5. The van der Waals surface area contributed by atoms with Crippen LogP contribution in [-0.2, 0) is 16.1 Å². The molecule has 1 saturated heterocycles. The molecule has 1 amide bonds. The molecule has 2 heterocycles. The Labute approximate surface area is 210 Å². The van der Waals surface area contributed by atoms with E-state index in [2.05, 4.69) is 6.58 Å². The number of aryl methyl sites for hydroxylation is 1. The molecule has 2 atom stereocenters. The zero-order chi connectivity index (χ0) is 26.7. The Morgan fingerprint density at radius 2 is 2.06 bits per heavy atom. The van der Waals surface area contributed by atoms with Crippen molar-refractivity contribution in [2.24, 2.45) is 11.7 Å². The van der Waals surface area contributed by atoms with Crippen LogP contribution in [0.3, 0.4) is 0 Å². The topological polar surface area (TPSA) is 93.6 Å². The lowest BCUT2D eigenvalue weighted by Gasteiger charge is -2.39. The van der Waals surface area contributed by atoms with Crippen LogP contribution in [-0.4, -0.2) is 65.0 Å². The van der Waals surface area contributed by atoms with Gasteiger partial charge in [-0.15, -0.1) is 6.58 Å². The second kappa shape index (κ2) is 14.8. The molecule has 7 nitrogen and oxygen atoms in total. The summed E-state index contributed by atoms with van der Waals surface area (Å²) in [6.45, 7) is 7.57. The van der Waals surface area contributed by atoms with Crippen molar-refractivity contribution in [2.45, 2.75) is 51.3 Å². The lowest BCUT2D eigenvalue weighted by Crippen LogP contribution is -2.46. The van der Waals surface area contributed by atoms with Crippen LogP contribution < -0.4 is 5.73 Å². The van der Waals surface area contributed by atoms with Gasteiger partial charge in [0, 0.05) is 38.1 Å². The first-order valence-electron chi connectivity index (χ1n) is 12.1. The summed E-state index contributed by atoms with van der Waals surface area (Å²) >= 11 is 0. The van der Waals surface area contributed by atoms with E-state index >= 15 is 0 Å². The summed E-state index contributed by atoms with van der Waals surface area (Å²) in [5.41, 5.74) is 6.09. The number of imidazole rings is 1. The number of nitrogens with two attached hydrogens (primary N) is 1. The van der Waals surface area contributed by atoms with Crippen LogP contribution in [0.25, 0.3) is 11.3 Å². The van der Waals surface area contributed by atoms with Gasteiger partial charge < -0.3 is 25.0 Å². The first-order chi connectivity index (χ1) is 17.4. The number of amides is 1. The lowest BCUT2D eigenvalue weighted by molar-refractivity contribution is -0.144. The van der Waals surface area contributed by atoms with Gasteiger partial charge in [0.1, 0.15) is 23.6 Å². The number of rotatable bonds is 11. The molecule has 1 unspecified atom stereocenters. The minimum atomic E-state index is -1.20. The maximum Gasteiger partial charge on any atom is 0.251 e. The van der Waals surface area contributed by atoms with E-state index in [1.807, 2.05) is 4.57 Å². The molecular formula is C26H37F3N4O3. The molecule has 1 aliphatic rings. The van der Waals surface area contributed by atoms with E-state index in [1.54, 1.807) is 17.2 Å². The number of benzene rings is 1. The van der Waals surface area contributed by atoms with Gasteiger partial charge in [-0.05, 0) is 63.3 Å². The summed E-state index contributed by atoms with van der Waals surface area (Å²) in [6, 6.07) is 2.78. The molecule has 3 rings (SSSR count). The molecule has 1 fully saturated rings. The van der Waals surface area contributed by atoms with Crippen molar-refractivity contribution in [3.8, 4) is 11.3 Å². The Balaban J connectivity index is 0.00000222. The van der Waals surface area contributed by atoms with Crippen LogP contribution in [0.4, 0.5) is 13.2 Å². The van der Waals surface area contributed by atoms with E-state index < -0.39 is 29.7 Å². The predicted octanol–water partition coefficient (Wildman–Crippen LogP) is 4.02. The number of alkyl halides is 1. The molecule has 1 aromatic carbocycles. The van der Waals surface area contributed by atoms with Gasteiger partial charge in [-0.3, -0.25) is 9.18 Å². The zero-order valence-electron chi connectivity index (χ0n) is 21.0. The number of aliphatic hydroxyl groups is 1. The number of ether oxygens (including phenoxy) is 1. The summed E-state index contributed by atoms with van der Waals surface area (Å²) in [5, 5.41) is 10.2. The van der Waals surface area contributed by atoms with E-state index in [1.165, 1.54) is 6.92 Å². The molecule has 3 N–H and O–H groups in total. The molecule has 0 bridgehead atoms. The Morgan fingerprint density at radius 3 is 2.67 bits per heavy atom. The predicted molar refractivity (Wildman–Crippen MR) is 133 cm³/mol. The highest BCUT2D eigenvalue weighted by Crippen LogP contribution is 2.37. The molecule has 0 spiro atoms. The maximum atomic E-state index is 14.6. The number of nitrogens with zero attached hydrogens (tertiary/aromatic N) is 3. The highest BCUT2D eigenvalue weighted by atomic mass is 19.1. The normalized spacial score (nSPS) is 15.5. The van der Waals surface area contributed by atoms with Crippen molar-refractivity contribution >= 4 is 5.91 Å². The number of hydrogen-bond donors (Lipinski definition) is 2. The van der Waals surface area contributed by atoms with Gasteiger partial charge in [0.05, 0.1) is 18.9 Å². The fourth-order valence-corrected chi connectivity index (χ4v) is 4.42. The average Bonchev–Trinajstić information content (AvgIpc) is 3.31. The minimum Gasteiger partial charge on any atom is -0.384 e. The standard InChI is InChI=1S/C25H34F2N4O3.CH3F/c1-3-4-11-30-16-22(20-15-19(26)6-7-21(20)27)29-24(30)23(18-8-13-34-14-9-18)31(12-5-10-28)25(33)17(2)32;1-2/h3,6-7,15-18,23,32H,1,4-5,8-14,28H2,2H3;1H3/t17-,23?;/m0./s1. The monoisotopic (exact) mass is 510 g/mol. The van der Waals surface area contributed by atoms with E-state index in [0.29, 0.717) is 71.5 Å². The first kappa shape index (κ1) is 29.5. The van der Waals surface area contributed by atoms with Crippen LogP contribution in [0.15, 0.2) is 37.1 Å². The van der Waals surface area contributed by atoms with Crippen LogP contribution in [0.2, 0.25) is 0 Å². The Kier molecular flexibility index (Phi) is 12.1. The lowest BCUT2D eigenvalue weighted by atomic mass is 9.89. The Morgan fingerprint density at radius 1 is 1.36 bits per heavy atom. The third kappa shape index (κ3) is 7.41. The molecule has 0 radical (unpaired) electrons. The highest BCUT2D eigenvalue weighted by molar-refractivity contribution is 5.80. The summed E-state index contributed by atoms with van der Waals surface area (Å²) in [6.07, 6.45) is 4.85. The fraction of sp³-hybridized carbons (Fsp3) is 0.538. The second-order valence-electron chi connectivity index (χ2n) is 8.62. The van der Waals surface area contributed by atoms with Crippen LogP contribution >= 0.6 is 0 Å². The van der Waals surface area contributed by atoms with Crippen LogP contribution in [0.1, 0.15) is 44.5 Å². The fourth-order valence-electron chi connectivity index (χ4n) is 4.42. The third-order valence-electron chi connectivity index (χ3n) is 6.14. The van der Waals surface area contributed by atoms with Gasteiger partial charge in [-0.1, -0.05) is 6.08 Å². The van der Waals surface area contributed by atoms with Crippen molar-refractivity contribution in [3.63, 3.8) is 0 Å². The SMILES string of the molecule is C=CCCn1cc(-c2cc(F)ccc2F)nc1C(C1CCOCC1)N(CCCN)C(=O)[C@H](C)O.CF. The van der Waals surface area contributed by atoms with Crippen LogP contribution in [0.5, 0.6) is 0 Å². The van der Waals surface area contributed by atoms with E-state index in [4.69, 9.17) is 15.5 Å².